The van der Waals surface area contributed by atoms with Crippen LogP contribution in [0.2, 0.25) is 0 Å². The van der Waals surface area contributed by atoms with Crippen LogP contribution in [0.1, 0.15) is 36.1 Å². The van der Waals surface area contributed by atoms with Crippen molar-refractivity contribution in [3.63, 3.8) is 0 Å². The van der Waals surface area contributed by atoms with Crippen molar-refractivity contribution in [2.75, 3.05) is 13.1 Å². The number of fused-ring (bicyclic) bond motifs is 3. The molecule has 1 aliphatic heterocycles. The summed E-state index contributed by atoms with van der Waals surface area (Å²) in [5.74, 6) is 0.487. The van der Waals surface area contributed by atoms with Crippen molar-refractivity contribution < 1.29 is 8.42 Å². The van der Waals surface area contributed by atoms with Crippen LogP contribution in [0.25, 0.3) is 21.6 Å². The van der Waals surface area contributed by atoms with Crippen LogP contribution in [0.4, 0.5) is 0 Å². The minimum Gasteiger partial charge on any atom is -0.306 e. The van der Waals surface area contributed by atoms with E-state index in [1.807, 2.05) is 0 Å². The van der Waals surface area contributed by atoms with Gasteiger partial charge in [0.2, 0.25) is 10.0 Å². The van der Waals surface area contributed by atoms with Crippen molar-refractivity contribution in [3.05, 3.63) is 45.1 Å². The first-order valence-electron chi connectivity index (χ1n) is 9.69. The van der Waals surface area contributed by atoms with Crippen LogP contribution in [0, 0.1) is 0 Å². The third kappa shape index (κ3) is 2.91. The summed E-state index contributed by atoms with van der Waals surface area (Å²) in [6, 6.07) is 6.65. The lowest BCUT2D eigenvalue weighted by molar-refractivity contribution is 0.477. The molecule has 0 unspecified atom stereocenters. The molecular formula is C20H21N3O3S2. The lowest BCUT2D eigenvalue weighted by Crippen LogP contribution is -2.27. The smallest absolute Gasteiger partial charge is 0.260 e. The molecule has 0 atom stereocenters. The fourth-order valence-corrected chi connectivity index (χ4v) is 6.94. The Morgan fingerprint density at radius 2 is 1.71 bits per heavy atom. The molecule has 0 bridgehead atoms. The van der Waals surface area contributed by atoms with Gasteiger partial charge in [-0.1, -0.05) is 0 Å². The van der Waals surface area contributed by atoms with Crippen LogP contribution in [0.5, 0.6) is 0 Å². The van der Waals surface area contributed by atoms with E-state index in [0.717, 1.165) is 48.7 Å². The van der Waals surface area contributed by atoms with E-state index in [0.29, 0.717) is 24.5 Å². The van der Waals surface area contributed by atoms with Crippen LogP contribution in [0.3, 0.4) is 0 Å². The number of aromatic nitrogens is 2. The molecule has 0 saturated carbocycles. The van der Waals surface area contributed by atoms with Gasteiger partial charge >= 0.3 is 0 Å². The first kappa shape index (κ1) is 18.0. The summed E-state index contributed by atoms with van der Waals surface area (Å²) >= 11 is 1.61. The fraction of sp³-hybridized carbons (Fsp3) is 0.400. The van der Waals surface area contributed by atoms with Crippen molar-refractivity contribution in [3.8, 4) is 11.4 Å². The highest BCUT2D eigenvalue weighted by atomic mass is 32.2. The third-order valence-corrected chi connectivity index (χ3v) is 8.75. The molecule has 1 aliphatic carbocycles. The predicted molar refractivity (Wildman–Crippen MR) is 110 cm³/mol. The quantitative estimate of drug-likeness (QED) is 0.711. The number of sulfonamides is 1. The Bertz CT molecular complexity index is 1200. The van der Waals surface area contributed by atoms with E-state index in [1.165, 1.54) is 14.7 Å². The van der Waals surface area contributed by atoms with Crippen LogP contribution >= 0.6 is 11.3 Å². The summed E-state index contributed by atoms with van der Waals surface area (Å²) < 4.78 is 26.9. The minimum atomic E-state index is -3.44. The molecule has 0 amide bonds. The summed E-state index contributed by atoms with van der Waals surface area (Å²) in [5, 5.41) is 0.733. The first-order valence-corrected chi connectivity index (χ1v) is 11.9. The molecule has 0 radical (unpaired) electrons. The van der Waals surface area contributed by atoms with E-state index in [2.05, 4.69) is 9.97 Å². The van der Waals surface area contributed by atoms with E-state index >= 15 is 0 Å². The highest BCUT2D eigenvalue weighted by Crippen LogP contribution is 2.34. The number of aromatic amines is 1. The molecule has 8 heteroatoms. The zero-order valence-electron chi connectivity index (χ0n) is 15.4. The van der Waals surface area contributed by atoms with Crippen LogP contribution < -0.4 is 5.56 Å². The van der Waals surface area contributed by atoms with Gasteiger partial charge in [-0.3, -0.25) is 4.79 Å². The molecule has 3 aromatic rings. The Morgan fingerprint density at radius 3 is 2.46 bits per heavy atom. The monoisotopic (exact) mass is 415 g/mol. The Labute approximate surface area is 167 Å². The standard InChI is InChI=1S/C20H21N3O3S2/c24-19-17-15-5-1-2-6-16(15)27-20(17)22-18(21-19)13-7-9-14(10-8-13)28(25,26)23-11-3-4-12-23/h7-10H,1-6,11-12H2,(H,21,22,24). The van der Waals surface area contributed by atoms with Gasteiger partial charge in [0.05, 0.1) is 10.3 Å². The summed E-state index contributed by atoms with van der Waals surface area (Å²) in [6.45, 7) is 1.16. The van der Waals surface area contributed by atoms with E-state index in [9.17, 15) is 13.2 Å². The maximum absolute atomic E-state index is 12.7. The van der Waals surface area contributed by atoms with Gasteiger partial charge in [-0.15, -0.1) is 11.3 Å². The summed E-state index contributed by atoms with van der Waals surface area (Å²) in [4.78, 5) is 22.6. The second kappa shape index (κ2) is 6.79. The van der Waals surface area contributed by atoms with Gasteiger partial charge in [0.15, 0.2) is 0 Å². The SMILES string of the molecule is O=c1[nH]c(-c2ccc(S(=O)(=O)N3CCCC3)cc2)nc2sc3c(c12)CCCC3. The first-order chi connectivity index (χ1) is 13.5. The van der Waals surface area contributed by atoms with Gasteiger partial charge in [0.25, 0.3) is 5.56 Å². The van der Waals surface area contributed by atoms with E-state index in [-0.39, 0.29) is 10.5 Å². The molecule has 146 valence electrons. The number of aryl methyl sites for hydroxylation is 2. The summed E-state index contributed by atoms with van der Waals surface area (Å²) in [7, 11) is -3.44. The van der Waals surface area contributed by atoms with Gasteiger partial charge in [-0.25, -0.2) is 13.4 Å². The molecule has 2 aromatic heterocycles. The highest BCUT2D eigenvalue weighted by Gasteiger charge is 2.27. The van der Waals surface area contributed by atoms with Crippen molar-refractivity contribution in [1.82, 2.24) is 14.3 Å². The molecule has 1 N–H and O–H groups in total. The number of thiophene rings is 1. The molecule has 5 rings (SSSR count). The average molecular weight is 416 g/mol. The Balaban J connectivity index is 1.53. The number of nitrogens with zero attached hydrogens (tertiary/aromatic N) is 2. The molecule has 6 nitrogen and oxygen atoms in total. The third-order valence-electron chi connectivity index (χ3n) is 5.66. The summed E-state index contributed by atoms with van der Waals surface area (Å²) in [6.07, 6.45) is 6.07. The molecule has 28 heavy (non-hydrogen) atoms. The number of hydrogen-bond acceptors (Lipinski definition) is 5. The fourth-order valence-electron chi connectivity index (χ4n) is 4.16. The molecule has 3 heterocycles. The van der Waals surface area contributed by atoms with Gasteiger partial charge < -0.3 is 4.98 Å². The van der Waals surface area contributed by atoms with Gasteiger partial charge in [-0.05, 0) is 68.4 Å². The lowest BCUT2D eigenvalue weighted by Gasteiger charge is -2.15. The van der Waals surface area contributed by atoms with E-state index in [1.54, 1.807) is 35.6 Å². The second-order valence-corrected chi connectivity index (χ2v) is 10.5. The minimum absolute atomic E-state index is 0.104. The molecular weight excluding hydrogens is 394 g/mol. The number of benzene rings is 1. The molecule has 1 saturated heterocycles. The van der Waals surface area contributed by atoms with Crippen molar-refractivity contribution in [1.29, 1.82) is 0 Å². The van der Waals surface area contributed by atoms with Gasteiger partial charge in [0, 0.05) is 23.5 Å². The number of hydrogen-bond donors (Lipinski definition) is 1. The predicted octanol–water partition coefficient (Wildman–Crippen LogP) is 3.31. The Morgan fingerprint density at radius 1 is 1.00 bits per heavy atom. The molecule has 0 spiro atoms. The maximum Gasteiger partial charge on any atom is 0.260 e. The number of nitrogens with one attached hydrogen (secondary N) is 1. The van der Waals surface area contributed by atoms with E-state index < -0.39 is 10.0 Å². The summed E-state index contributed by atoms with van der Waals surface area (Å²) in [5.41, 5.74) is 1.78. The Kier molecular flexibility index (Phi) is 4.37. The number of rotatable bonds is 3. The van der Waals surface area contributed by atoms with Crippen LogP contribution in [-0.2, 0) is 22.9 Å². The van der Waals surface area contributed by atoms with Crippen molar-refractivity contribution >= 4 is 31.6 Å². The molecule has 2 aliphatic rings. The lowest BCUT2D eigenvalue weighted by atomic mass is 9.97. The van der Waals surface area contributed by atoms with Gasteiger partial charge in [0.1, 0.15) is 10.7 Å². The van der Waals surface area contributed by atoms with E-state index in [4.69, 9.17) is 0 Å². The van der Waals surface area contributed by atoms with Crippen LogP contribution in [-0.4, -0.2) is 35.8 Å². The zero-order chi connectivity index (χ0) is 19.3. The number of H-pyrrole nitrogens is 1. The highest BCUT2D eigenvalue weighted by molar-refractivity contribution is 7.89. The molecule has 1 aromatic carbocycles. The zero-order valence-corrected chi connectivity index (χ0v) is 17.0. The van der Waals surface area contributed by atoms with Crippen LogP contribution in [0.15, 0.2) is 34.0 Å². The average Bonchev–Trinajstić information content (AvgIpc) is 3.36. The van der Waals surface area contributed by atoms with Crippen molar-refractivity contribution in [2.45, 2.75) is 43.4 Å². The van der Waals surface area contributed by atoms with Crippen molar-refractivity contribution in [2.24, 2.45) is 0 Å². The Hall–Kier alpha value is -2.03. The topological polar surface area (TPSA) is 83.1 Å². The normalized spacial score (nSPS) is 17.9. The second-order valence-electron chi connectivity index (χ2n) is 7.44. The maximum atomic E-state index is 12.7. The van der Waals surface area contributed by atoms with Gasteiger partial charge in [-0.2, -0.15) is 4.31 Å². The molecule has 1 fully saturated rings. The largest absolute Gasteiger partial charge is 0.306 e.